The van der Waals surface area contributed by atoms with Crippen LogP contribution in [0.5, 0.6) is 0 Å². The number of carbonyl (C=O) groups excluding carboxylic acids is 1. The molecule has 0 bridgehead atoms. The number of hydrogen-bond acceptors (Lipinski definition) is 1. The Morgan fingerprint density at radius 1 is 1.33 bits per heavy atom. The quantitative estimate of drug-likeness (QED) is 0.610. The molecule has 1 N–H and O–H groups in total. The summed E-state index contributed by atoms with van der Waals surface area (Å²) in [6.45, 7) is 0.517. The molecule has 0 aliphatic carbocycles. The highest BCUT2D eigenvalue weighted by atomic mass is 19.1. The number of amides is 1. The van der Waals surface area contributed by atoms with Crippen molar-refractivity contribution in [3.63, 3.8) is 0 Å². The van der Waals surface area contributed by atoms with Crippen molar-refractivity contribution in [2.75, 3.05) is 6.54 Å². The van der Waals surface area contributed by atoms with E-state index in [9.17, 15) is 13.6 Å². The van der Waals surface area contributed by atoms with Gasteiger partial charge in [-0.2, -0.15) is 0 Å². The summed E-state index contributed by atoms with van der Waals surface area (Å²) in [6.07, 6.45) is 7.34. The zero-order valence-corrected chi connectivity index (χ0v) is 10.0. The summed E-state index contributed by atoms with van der Waals surface area (Å²) in [4.78, 5) is 11.5. The van der Waals surface area contributed by atoms with Crippen LogP contribution in [0.4, 0.5) is 8.78 Å². The number of rotatable bonds is 6. The standard InChI is InChI=1S/C14H15F2NO/c1-2-3-4-5-8-17-14(18)9-11-6-7-12(15)10-13(11)16/h1,6-7,10H,3-5,8-9H2,(H,17,18). The Morgan fingerprint density at radius 2 is 2.11 bits per heavy atom. The predicted molar refractivity (Wildman–Crippen MR) is 65.8 cm³/mol. The Hall–Kier alpha value is -1.89. The predicted octanol–water partition coefficient (Wildman–Crippen LogP) is 2.43. The number of halogens is 2. The van der Waals surface area contributed by atoms with Gasteiger partial charge in [-0.15, -0.1) is 12.3 Å². The van der Waals surface area contributed by atoms with Crippen molar-refractivity contribution >= 4 is 5.91 Å². The maximum absolute atomic E-state index is 13.3. The molecule has 0 unspecified atom stereocenters. The van der Waals surface area contributed by atoms with Crippen LogP contribution in [0.2, 0.25) is 0 Å². The van der Waals surface area contributed by atoms with E-state index < -0.39 is 11.6 Å². The van der Waals surface area contributed by atoms with Crippen molar-refractivity contribution in [1.29, 1.82) is 0 Å². The molecule has 0 aliphatic heterocycles. The summed E-state index contributed by atoms with van der Waals surface area (Å²) in [6, 6.07) is 3.19. The number of nitrogens with one attached hydrogen (secondary N) is 1. The van der Waals surface area contributed by atoms with Gasteiger partial charge in [-0.25, -0.2) is 8.78 Å². The maximum Gasteiger partial charge on any atom is 0.224 e. The molecular weight excluding hydrogens is 236 g/mol. The monoisotopic (exact) mass is 251 g/mol. The number of terminal acetylenes is 1. The molecule has 2 nitrogen and oxygen atoms in total. The first-order chi connectivity index (χ1) is 8.63. The third-order valence-electron chi connectivity index (χ3n) is 2.44. The molecule has 1 aromatic carbocycles. The minimum Gasteiger partial charge on any atom is -0.356 e. The topological polar surface area (TPSA) is 29.1 Å². The summed E-state index contributed by atoms with van der Waals surface area (Å²) >= 11 is 0. The largest absolute Gasteiger partial charge is 0.356 e. The molecule has 0 saturated carbocycles. The van der Waals surface area contributed by atoms with Gasteiger partial charge in [0, 0.05) is 19.0 Å². The summed E-state index contributed by atoms with van der Waals surface area (Å²) < 4.78 is 25.9. The van der Waals surface area contributed by atoms with Crippen LogP contribution in [0.1, 0.15) is 24.8 Å². The molecule has 96 valence electrons. The Balaban J connectivity index is 2.34. The van der Waals surface area contributed by atoms with Crippen LogP contribution >= 0.6 is 0 Å². The molecule has 0 radical (unpaired) electrons. The van der Waals surface area contributed by atoms with E-state index in [0.29, 0.717) is 13.0 Å². The number of unbranched alkanes of at least 4 members (excludes halogenated alkanes) is 2. The molecule has 0 fully saturated rings. The van der Waals surface area contributed by atoms with Crippen molar-refractivity contribution in [2.45, 2.75) is 25.7 Å². The van der Waals surface area contributed by atoms with Gasteiger partial charge in [-0.1, -0.05) is 6.07 Å². The normalized spacial score (nSPS) is 9.83. The van der Waals surface area contributed by atoms with E-state index in [1.807, 2.05) is 0 Å². The maximum atomic E-state index is 13.3. The Bertz CT molecular complexity index is 452. The van der Waals surface area contributed by atoms with Crippen LogP contribution in [-0.2, 0) is 11.2 Å². The minimum absolute atomic E-state index is 0.0821. The average molecular weight is 251 g/mol. The lowest BCUT2D eigenvalue weighted by Gasteiger charge is -2.05. The van der Waals surface area contributed by atoms with Gasteiger partial charge in [0.2, 0.25) is 5.91 Å². The zero-order chi connectivity index (χ0) is 13.4. The lowest BCUT2D eigenvalue weighted by Crippen LogP contribution is -2.26. The van der Waals surface area contributed by atoms with E-state index in [1.54, 1.807) is 0 Å². The van der Waals surface area contributed by atoms with Crippen molar-refractivity contribution in [3.05, 3.63) is 35.4 Å². The molecule has 0 saturated heterocycles. The lowest BCUT2D eigenvalue weighted by atomic mass is 10.1. The SMILES string of the molecule is C#CCCCCNC(=O)Cc1ccc(F)cc1F. The molecule has 0 spiro atoms. The highest BCUT2D eigenvalue weighted by Gasteiger charge is 2.08. The summed E-state index contributed by atoms with van der Waals surface area (Å²) in [5.74, 6) is 0.890. The van der Waals surface area contributed by atoms with Gasteiger partial charge in [-0.3, -0.25) is 4.79 Å². The van der Waals surface area contributed by atoms with Gasteiger partial charge in [0.1, 0.15) is 11.6 Å². The summed E-state index contributed by atoms with van der Waals surface area (Å²) in [7, 11) is 0. The van der Waals surface area contributed by atoms with Crippen LogP contribution < -0.4 is 5.32 Å². The Kier molecular flexibility index (Phi) is 5.86. The fraction of sp³-hybridized carbons (Fsp3) is 0.357. The Morgan fingerprint density at radius 3 is 2.78 bits per heavy atom. The smallest absolute Gasteiger partial charge is 0.224 e. The van der Waals surface area contributed by atoms with Crippen LogP contribution in [0.25, 0.3) is 0 Å². The molecule has 18 heavy (non-hydrogen) atoms. The molecular formula is C14H15F2NO. The van der Waals surface area contributed by atoms with Crippen LogP contribution in [0.15, 0.2) is 18.2 Å². The first kappa shape index (κ1) is 14.2. The zero-order valence-electron chi connectivity index (χ0n) is 10.0. The average Bonchev–Trinajstić information content (AvgIpc) is 2.32. The van der Waals surface area contributed by atoms with E-state index in [0.717, 1.165) is 25.0 Å². The third kappa shape index (κ3) is 4.96. The highest BCUT2D eigenvalue weighted by molar-refractivity contribution is 5.78. The molecule has 1 aromatic rings. The lowest BCUT2D eigenvalue weighted by molar-refractivity contribution is -0.120. The van der Waals surface area contributed by atoms with E-state index in [2.05, 4.69) is 11.2 Å². The van der Waals surface area contributed by atoms with Crippen molar-refractivity contribution in [1.82, 2.24) is 5.32 Å². The van der Waals surface area contributed by atoms with E-state index in [-0.39, 0.29) is 17.9 Å². The first-order valence-electron chi connectivity index (χ1n) is 5.77. The van der Waals surface area contributed by atoms with Gasteiger partial charge in [-0.05, 0) is 24.5 Å². The number of benzene rings is 1. The van der Waals surface area contributed by atoms with Gasteiger partial charge in [0.15, 0.2) is 0 Å². The van der Waals surface area contributed by atoms with Gasteiger partial charge in [0.05, 0.1) is 6.42 Å². The van der Waals surface area contributed by atoms with Crippen LogP contribution in [-0.4, -0.2) is 12.5 Å². The van der Waals surface area contributed by atoms with Crippen molar-refractivity contribution < 1.29 is 13.6 Å². The first-order valence-corrected chi connectivity index (χ1v) is 5.77. The third-order valence-corrected chi connectivity index (χ3v) is 2.44. The second-order valence-corrected chi connectivity index (χ2v) is 3.92. The molecule has 0 aromatic heterocycles. The molecule has 4 heteroatoms. The second-order valence-electron chi connectivity index (χ2n) is 3.92. The van der Waals surface area contributed by atoms with Gasteiger partial charge in [0.25, 0.3) is 0 Å². The summed E-state index contributed by atoms with van der Waals surface area (Å²) in [5.41, 5.74) is 0.192. The molecule has 0 atom stereocenters. The van der Waals surface area contributed by atoms with Crippen molar-refractivity contribution in [3.8, 4) is 12.3 Å². The summed E-state index contributed by atoms with van der Waals surface area (Å²) in [5, 5.41) is 2.66. The van der Waals surface area contributed by atoms with E-state index >= 15 is 0 Å². The molecule has 0 aliphatic rings. The van der Waals surface area contributed by atoms with E-state index in [4.69, 9.17) is 6.42 Å². The fourth-order valence-electron chi connectivity index (χ4n) is 1.48. The number of hydrogen-bond donors (Lipinski definition) is 1. The molecule has 1 amide bonds. The highest BCUT2D eigenvalue weighted by Crippen LogP contribution is 2.10. The van der Waals surface area contributed by atoms with E-state index in [1.165, 1.54) is 6.07 Å². The van der Waals surface area contributed by atoms with Crippen LogP contribution in [0, 0.1) is 24.0 Å². The fourth-order valence-corrected chi connectivity index (χ4v) is 1.48. The second kappa shape index (κ2) is 7.44. The molecule has 1 rings (SSSR count). The van der Waals surface area contributed by atoms with Gasteiger partial charge >= 0.3 is 0 Å². The van der Waals surface area contributed by atoms with Gasteiger partial charge < -0.3 is 5.32 Å². The van der Waals surface area contributed by atoms with Crippen molar-refractivity contribution in [2.24, 2.45) is 0 Å². The van der Waals surface area contributed by atoms with Crippen LogP contribution in [0.3, 0.4) is 0 Å². The Labute approximate surface area is 105 Å². The minimum atomic E-state index is -0.697. The molecule has 0 heterocycles. The number of carbonyl (C=O) groups is 1.